The van der Waals surface area contributed by atoms with Crippen molar-refractivity contribution in [2.24, 2.45) is 18.5 Å². The Morgan fingerprint density at radius 2 is 1.96 bits per heavy atom. The summed E-state index contributed by atoms with van der Waals surface area (Å²) in [6.45, 7) is 1.87. The van der Waals surface area contributed by atoms with Crippen molar-refractivity contribution in [1.29, 1.82) is 0 Å². The highest BCUT2D eigenvalue weighted by Crippen LogP contribution is 2.26. The molecular formula is C20H24N6O2. The van der Waals surface area contributed by atoms with Crippen molar-refractivity contribution < 1.29 is 9.59 Å². The van der Waals surface area contributed by atoms with Gasteiger partial charge in [0.2, 0.25) is 5.91 Å². The van der Waals surface area contributed by atoms with Gasteiger partial charge in [-0.05, 0) is 42.8 Å². The van der Waals surface area contributed by atoms with E-state index in [1.165, 1.54) is 0 Å². The standard InChI is InChI=1S/C20H24N6O2/c1-4-15(19(22)28)26(3)17-8-6-14(18(21)27)20(24-17)23-13-5-7-16-12(11-13)9-10-25(16)2/h5-11,15H,4H2,1-3H3,(H2,21,27)(H2,22,28)(H,23,24). The number of carbonyl (C=O) groups is 2. The van der Waals surface area contributed by atoms with Crippen LogP contribution in [-0.2, 0) is 11.8 Å². The van der Waals surface area contributed by atoms with Crippen molar-refractivity contribution in [2.45, 2.75) is 19.4 Å². The number of carbonyl (C=O) groups excluding carboxylic acids is 2. The van der Waals surface area contributed by atoms with E-state index in [2.05, 4.69) is 10.3 Å². The summed E-state index contributed by atoms with van der Waals surface area (Å²) in [5, 5.41) is 4.23. The molecule has 2 heterocycles. The predicted molar refractivity (Wildman–Crippen MR) is 111 cm³/mol. The average molecular weight is 380 g/mol. The first kappa shape index (κ1) is 19.2. The smallest absolute Gasteiger partial charge is 0.252 e. The highest BCUT2D eigenvalue weighted by atomic mass is 16.1. The quantitative estimate of drug-likeness (QED) is 0.580. The summed E-state index contributed by atoms with van der Waals surface area (Å²) in [6, 6.07) is 10.6. The number of nitrogens with one attached hydrogen (secondary N) is 1. The summed E-state index contributed by atoms with van der Waals surface area (Å²) in [7, 11) is 3.72. The second-order valence-electron chi connectivity index (χ2n) is 6.69. The normalized spacial score (nSPS) is 12.0. The summed E-state index contributed by atoms with van der Waals surface area (Å²) in [4.78, 5) is 29.8. The molecule has 3 aromatic rings. The van der Waals surface area contributed by atoms with Crippen molar-refractivity contribution in [2.75, 3.05) is 17.3 Å². The van der Waals surface area contributed by atoms with E-state index >= 15 is 0 Å². The molecule has 1 aromatic carbocycles. The van der Waals surface area contributed by atoms with E-state index in [9.17, 15) is 9.59 Å². The van der Waals surface area contributed by atoms with Crippen LogP contribution in [0.15, 0.2) is 42.6 Å². The van der Waals surface area contributed by atoms with Crippen molar-refractivity contribution in [3.05, 3.63) is 48.2 Å². The Morgan fingerprint density at radius 1 is 1.21 bits per heavy atom. The van der Waals surface area contributed by atoms with Gasteiger partial charge in [0.05, 0.1) is 5.56 Å². The Balaban J connectivity index is 1.99. The number of hydrogen-bond acceptors (Lipinski definition) is 5. The lowest BCUT2D eigenvalue weighted by molar-refractivity contribution is -0.119. The minimum Gasteiger partial charge on any atom is -0.368 e. The van der Waals surface area contributed by atoms with E-state index in [-0.39, 0.29) is 5.56 Å². The first-order valence-corrected chi connectivity index (χ1v) is 8.97. The van der Waals surface area contributed by atoms with Gasteiger partial charge in [-0.1, -0.05) is 6.92 Å². The van der Waals surface area contributed by atoms with E-state index in [0.29, 0.717) is 18.1 Å². The maximum absolute atomic E-state index is 11.9. The van der Waals surface area contributed by atoms with Crippen LogP contribution in [0.3, 0.4) is 0 Å². The molecule has 5 N–H and O–H groups in total. The molecule has 0 aliphatic heterocycles. The third kappa shape index (κ3) is 3.62. The molecule has 1 atom stereocenters. The number of primary amides is 2. The van der Waals surface area contributed by atoms with Crippen LogP contribution < -0.4 is 21.7 Å². The highest BCUT2D eigenvalue weighted by Gasteiger charge is 2.21. The highest BCUT2D eigenvalue weighted by molar-refractivity contribution is 5.99. The summed E-state index contributed by atoms with van der Waals surface area (Å²) in [5.74, 6) is -0.188. The Labute approximate surface area is 163 Å². The monoisotopic (exact) mass is 380 g/mol. The second-order valence-corrected chi connectivity index (χ2v) is 6.69. The lowest BCUT2D eigenvalue weighted by Gasteiger charge is -2.26. The number of hydrogen-bond donors (Lipinski definition) is 3. The lowest BCUT2D eigenvalue weighted by Crippen LogP contribution is -2.42. The third-order valence-corrected chi connectivity index (χ3v) is 4.84. The number of anilines is 3. The largest absolute Gasteiger partial charge is 0.368 e. The Morgan fingerprint density at radius 3 is 2.61 bits per heavy atom. The van der Waals surface area contributed by atoms with Crippen LogP contribution >= 0.6 is 0 Å². The molecule has 0 aliphatic rings. The Kier molecular flexibility index (Phi) is 5.21. The molecule has 28 heavy (non-hydrogen) atoms. The summed E-state index contributed by atoms with van der Waals surface area (Å²) in [6.07, 6.45) is 2.52. The van der Waals surface area contributed by atoms with E-state index in [1.807, 2.05) is 49.0 Å². The number of nitrogens with two attached hydrogens (primary N) is 2. The van der Waals surface area contributed by atoms with E-state index in [0.717, 1.165) is 16.6 Å². The molecule has 0 fully saturated rings. The molecule has 2 amide bonds. The van der Waals surface area contributed by atoms with Gasteiger partial charge in [0.1, 0.15) is 17.7 Å². The number of likely N-dealkylation sites (N-methyl/N-ethyl adjacent to an activating group) is 1. The van der Waals surface area contributed by atoms with Gasteiger partial charge < -0.3 is 26.3 Å². The number of aromatic nitrogens is 2. The van der Waals surface area contributed by atoms with Crippen LogP contribution in [0.4, 0.5) is 17.3 Å². The zero-order chi connectivity index (χ0) is 20.4. The molecule has 8 nitrogen and oxygen atoms in total. The van der Waals surface area contributed by atoms with Crippen LogP contribution in [-0.4, -0.2) is 34.5 Å². The maximum atomic E-state index is 11.9. The molecule has 0 radical (unpaired) electrons. The summed E-state index contributed by atoms with van der Waals surface area (Å²) in [5.41, 5.74) is 13.1. The van der Waals surface area contributed by atoms with Gasteiger partial charge >= 0.3 is 0 Å². The first-order valence-electron chi connectivity index (χ1n) is 8.97. The number of pyridine rings is 1. The predicted octanol–water partition coefficient (Wildman–Crippen LogP) is 2.12. The van der Waals surface area contributed by atoms with Crippen molar-refractivity contribution >= 4 is 40.0 Å². The van der Waals surface area contributed by atoms with Crippen LogP contribution in [0.25, 0.3) is 10.9 Å². The van der Waals surface area contributed by atoms with Gasteiger partial charge in [-0.25, -0.2) is 4.98 Å². The number of fused-ring (bicyclic) bond motifs is 1. The fraction of sp³-hybridized carbons (Fsp3) is 0.250. The summed E-state index contributed by atoms with van der Waals surface area (Å²) >= 11 is 0. The third-order valence-electron chi connectivity index (χ3n) is 4.84. The number of rotatable bonds is 7. The molecule has 0 saturated carbocycles. The lowest BCUT2D eigenvalue weighted by atomic mass is 10.1. The number of aryl methyl sites for hydroxylation is 1. The van der Waals surface area contributed by atoms with Crippen molar-refractivity contribution in [3.63, 3.8) is 0 Å². The molecular weight excluding hydrogens is 356 g/mol. The number of nitrogens with zero attached hydrogens (tertiary/aromatic N) is 3. The summed E-state index contributed by atoms with van der Waals surface area (Å²) < 4.78 is 2.02. The SMILES string of the molecule is CCC(C(N)=O)N(C)c1ccc(C(N)=O)c(Nc2ccc3c(ccn3C)c2)n1. The van der Waals surface area contributed by atoms with Crippen molar-refractivity contribution in [3.8, 4) is 0 Å². The zero-order valence-electron chi connectivity index (χ0n) is 16.1. The van der Waals surface area contributed by atoms with E-state index < -0.39 is 17.9 Å². The minimum atomic E-state index is -0.591. The molecule has 146 valence electrons. The Hall–Kier alpha value is -3.55. The molecule has 1 unspecified atom stereocenters. The molecule has 8 heteroatoms. The minimum absolute atomic E-state index is 0.262. The zero-order valence-corrected chi connectivity index (χ0v) is 16.1. The first-order chi connectivity index (χ1) is 13.3. The van der Waals surface area contributed by atoms with Gasteiger partial charge in [-0.2, -0.15) is 0 Å². The molecule has 3 rings (SSSR count). The average Bonchev–Trinajstić information content (AvgIpc) is 3.02. The van der Waals surface area contributed by atoms with E-state index in [1.54, 1.807) is 24.1 Å². The van der Waals surface area contributed by atoms with Crippen molar-refractivity contribution in [1.82, 2.24) is 9.55 Å². The van der Waals surface area contributed by atoms with Crippen LogP contribution in [0.2, 0.25) is 0 Å². The fourth-order valence-electron chi connectivity index (χ4n) is 3.26. The van der Waals surface area contributed by atoms with E-state index in [4.69, 9.17) is 11.5 Å². The van der Waals surface area contributed by atoms with Gasteiger partial charge in [0, 0.05) is 36.9 Å². The van der Waals surface area contributed by atoms with Gasteiger partial charge in [-0.3, -0.25) is 9.59 Å². The molecule has 0 spiro atoms. The molecule has 0 saturated heterocycles. The maximum Gasteiger partial charge on any atom is 0.252 e. The molecule has 0 aliphatic carbocycles. The van der Waals surface area contributed by atoms with Gasteiger partial charge in [0.25, 0.3) is 5.91 Å². The number of amides is 2. The topological polar surface area (TPSA) is 119 Å². The van der Waals surface area contributed by atoms with Crippen LogP contribution in [0.5, 0.6) is 0 Å². The van der Waals surface area contributed by atoms with Gasteiger partial charge in [-0.15, -0.1) is 0 Å². The second kappa shape index (κ2) is 7.59. The van der Waals surface area contributed by atoms with Gasteiger partial charge in [0.15, 0.2) is 0 Å². The van der Waals surface area contributed by atoms with Crippen LogP contribution in [0.1, 0.15) is 23.7 Å². The molecule has 2 aromatic heterocycles. The molecule has 0 bridgehead atoms. The van der Waals surface area contributed by atoms with Crippen LogP contribution in [0, 0.1) is 0 Å². The fourth-order valence-corrected chi connectivity index (χ4v) is 3.26. The Bertz CT molecular complexity index is 1040. The number of benzene rings is 1.